The number of aryl methyl sites for hydroxylation is 2. The van der Waals surface area contributed by atoms with Crippen LogP contribution in [0.3, 0.4) is 0 Å². The topological polar surface area (TPSA) is 81.0 Å². The molecule has 0 atom stereocenters. The zero-order chi connectivity index (χ0) is 16.8. The number of carbonyl (C=O) groups excluding carboxylic acids is 1. The number of nitrogens with zero attached hydrogens (tertiary/aromatic N) is 2. The summed E-state index contributed by atoms with van der Waals surface area (Å²) in [5.74, 6) is 0.401. The molecular formula is C18H15N3O3. The lowest BCUT2D eigenvalue weighted by Crippen LogP contribution is -2.00. The van der Waals surface area contributed by atoms with E-state index in [0.29, 0.717) is 5.56 Å². The largest absolute Gasteiger partial charge is 0.465 e. The molecule has 0 amide bonds. The standard InChI is InChI=1S/C18H15N3O3/c1-9-16(10(2)24-21-9)12-7-15-17(19-8-12)13-5-4-11(18(22)23-3)6-14(13)20-15/h4-8,20H,1-3H3. The van der Waals surface area contributed by atoms with Crippen molar-refractivity contribution in [2.75, 3.05) is 7.11 Å². The van der Waals surface area contributed by atoms with E-state index in [1.54, 1.807) is 12.1 Å². The monoisotopic (exact) mass is 321 g/mol. The summed E-state index contributed by atoms with van der Waals surface area (Å²) in [7, 11) is 1.37. The van der Waals surface area contributed by atoms with Crippen molar-refractivity contribution >= 4 is 27.9 Å². The van der Waals surface area contributed by atoms with E-state index >= 15 is 0 Å². The Balaban J connectivity index is 1.91. The third-order valence-electron chi connectivity index (χ3n) is 4.17. The fourth-order valence-electron chi connectivity index (χ4n) is 3.05. The van der Waals surface area contributed by atoms with E-state index in [-0.39, 0.29) is 5.97 Å². The molecule has 0 spiro atoms. The maximum absolute atomic E-state index is 11.7. The van der Waals surface area contributed by atoms with Gasteiger partial charge in [0.05, 0.1) is 29.4 Å². The van der Waals surface area contributed by atoms with Gasteiger partial charge in [0.15, 0.2) is 0 Å². The molecule has 0 saturated heterocycles. The Labute approximate surface area is 137 Å². The minimum absolute atomic E-state index is 0.361. The van der Waals surface area contributed by atoms with Gasteiger partial charge in [-0.05, 0) is 38.1 Å². The summed E-state index contributed by atoms with van der Waals surface area (Å²) in [6.07, 6.45) is 1.82. The number of benzene rings is 1. The summed E-state index contributed by atoms with van der Waals surface area (Å²) in [6, 6.07) is 7.42. The van der Waals surface area contributed by atoms with Crippen molar-refractivity contribution in [2.24, 2.45) is 0 Å². The number of hydrogen-bond donors (Lipinski definition) is 1. The number of ether oxygens (including phenoxy) is 1. The zero-order valence-corrected chi connectivity index (χ0v) is 13.5. The SMILES string of the molecule is COC(=O)c1ccc2c(c1)[nH]c1cc(-c3c(C)noc3C)cnc12. The maximum Gasteiger partial charge on any atom is 0.337 e. The summed E-state index contributed by atoms with van der Waals surface area (Å²) in [5.41, 5.74) is 5.83. The molecule has 24 heavy (non-hydrogen) atoms. The first-order chi connectivity index (χ1) is 11.6. The third kappa shape index (κ3) is 2.07. The highest BCUT2D eigenvalue weighted by atomic mass is 16.5. The number of fused-ring (bicyclic) bond motifs is 3. The van der Waals surface area contributed by atoms with E-state index in [0.717, 1.165) is 44.5 Å². The lowest BCUT2D eigenvalue weighted by Gasteiger charge is -2.00. The van der Waals surface area contributed by atoms with Gasteiger partial charge in [-0.2, -0.15) is 0 Å². The molecule has 120 valence electrons. The minimum atomic E-state index is -0.361. The second-order valence-corrected chi connectivity index (χ2v) is 5.70. The van der Waals surface area contributed by atoms with Gasteiger partial charge in [0.2, 0.25) is 0 Å². The lowest BCUT2D eigenvalue weighted by atomic mass is 10.1. The molecule has 0 aliphatic rings. The molecule has 0 unspecified atom stereocenters. The van der Waals surface area contributed by atoms with Crippen molar-refractivity contribution < 1.29 is 14.1 Å². The van der Waals surface area contributed by atoms with Gasteiger partial charge < -0.3 is 14.2 Å². The summed E-state index contributed by atoms with van der Waals surface area (Å²) in [5, 5.41) is 4.95. The molecule has 4 aromatic rings. The molecule has 1 aromatic carbocycles. The molecule has 6 nitrogen and oxygen atoms in total. The van der Waals surface area contributed by atoms with Crippen LogP contribution in [0.2, 0.25) is 0 Å². The molecule has 6 heteroatoms. The van der Waals surface area contributed by atoms with Crippen molar-refractivity contribution in [1.82, 2.24) is 15.1 Å². The van der Waals surface area contributed by atoms with Crippen molar-refractivity contribution in [3.8, 4) is 11.1 Å². The highest BCUT2D eigenvalue weighted by molar-refractivity contribution is 6.07. The van der Waals surface area contributed by atoms with Crippen molar-refractivity contribution in [2.45, 2.75) is 13.8 Å². The van der Waals surface area contributed by atoms with E-state index in [4.69, 9.17) is 9.26 Å². The molecule has 0 saturated carbocycles. The average molecular weight is 321 g/mol. The lowest BCUT2D eigenvalue weighted by molar-refractivity contribution is 0.0601. The molecule has 3 aromatic heterocycles. The normalized spacial score (nSPS) is 11.3. The molecule has 0 aliphatic heterocycles. The van der Waals surface area contributed by atoms with Gasteiger partial charge in [0, 0.05) is 28.2 Å². The Bertz CT molecular complexity index is 1070. The minimum Gasteiger partial charge on any atom is -0.465 e. The van der Waals surface area contributed by atoms with Crippen LogP contribution >= 0.6 is 0 Å². The Morgan fingerprint density at radius 1 is 1.21 bits per heavy atom. The first-order valence-electron chi connectivity index (χ1n) is 7.51. The number of methoxy groups -OCH3 is 1. The summed E-state index contributed by atoms with van der Waals surface area (Å²) < 4.78 is 10.0. The number of nitrogens with one attached hydrogen (secondary N) is 1. The predicted molar refractivity (Wildman–Crippen MR) is 89.9 cm³/mol. The van der Waals surface area contributed by atoms with Crippen LogP contribution in [0, 0.1) is 13.8 Å². The third-order valence-corrected chi connectivity index (χ3v) is 4.17. The second-order valence-electron chi connectivity index (χ2n) is 5.70. The quantitative estimate of drug-likeness (QED) is 0.568. The van der Waals surface area contributed by atoms with Gasteiger partial charge in [0.25, 0.3) is 0 Å². The molecule has 1 N–H and O–H groups in total. The number of carbonyl (C=O) groups is 1. The highest BCUT2D eigenvalue weighted by Crippen LogP contribution is 2.31. The summed E-state index contributed by atoms with van der Waals surface area (Å²) in [4.78, 5) is 19.6. The first-order valence-corrected chi connectivity index (χ1v) is 7.51. The molecule has 3 heterocycles. The summed E-state index contributed by atoms with van der Waals surface area (Å²) in [6.45, 7) is 3.79. The van der Waals surface area contributed by atoms with Gasteiger partial charge in [0.1, 0.15) is 5.76 Å². The first kappa shape index (κ1) is 14.4. The smallest absolute Gasteiger partial charge is 0.337 e. The van der Waals surface area contributed by atoms with Gasteiger partial charge in [-0.15, -0.1) is 0 Å². The average Bonchev–Trinajstić information content (AvgIpc) is 3.12. The van der Waals surface area contributed by atoms with Gasteiger partial charge in [-0.1, -0.05) is 5.16 Å². The Morgan fingerprint density at radius 2 is 2.04 bits per heavy atom. The van der Waals surface area contributed by atoms with Crippen LogP contribution in [0.25, 0.3) is 33.1 Å². The maximum atomic E-state index is 11.7. The predicted octanol–water partition coefficient (Wildman–Crippen LogP) is 3.77. The molecule has 0 aliphatic carbocycles. The number of esters is 1. The number of rotatable bonds is 2. The van der Waals surface area contributed by atoms with Gasteiger partial charge >= 0.3 is 5.97 Å². The van der Waals surface area contributed by atoms with Crippen LogP contribution in [0.5, 0.6) is 0 Å². The van der Waals surface area contributed by atoms with E-state index in [2.05, 4.69) is 15.1 Å². The number of H-pyrrole nitrogens is 1. The van der Waals surface area contributed by atoms with Crippen molar-refractivity contribution in [1.29, 1.82) is 0 Å². The zero-order valence-electron chi connectivity index (χ0n) is 13.5. The van der Waals surface area contributed by atoms with Crippen LogP contribution < -0.4 is 0 Å². The second kappa shape index (κ2) is 5.19. The summed E-state index contributed by atoms with van der Waals surface area (Å²) >= 11 is 0. The van der Waals surface area contributed by atoms with Crippen molar-refractivity contribution in [3.63, 3.8) is 0 Å². The number of aromatic nitrogens is 3. The molecule has 0 fully saturated rings. The van der Waals surface area contributed by atoms with Crippen LogP contribution in [-0.2, 0) is 4.74 Å². The number of hydrogen-bond acceptors (Lipinski definition) is 5. The van der Waals surface area contributed by atoms with Gasteiger partial charge in [-0.3, -0.25) is 4.98 Å². The van der Waals surface area contributed by atoms with E-state index < -0.39 is 0 Å². The fourth-order valence-corrected chi connectivity index (χ4v) is 3.05. The van der Waals surface area contributed by atoms with Crippen LogP contribution in [0.15, 0.2) is 35.0 Å². The Kier molecular flexibility index (Phi) is 3.13. The van der Waals surface area contributed by atoms with Crippen LogP contribution in [0.1, 0.15) is 21.8 Å². The Morgan fingerprint density at radius 3 is 2.75 bits per heavy atom. The Hall–Kier alpha value is -3.15. The van der Waals surface area contributed by atoms with E-state index in [1.807, 2.05) is 32.2 Å². The molecule has 0 radical (unpaired) electrons. The van der Waals surface area contributed by atoms with Crippen LogP contribution in [-0.4, -0.2) is 28.2 Å². The fraction of sp³-hybridized carbons (Fsp3) is 0.167. The van der Waals surface area contributed by atoms with Crippen LogP contribution in [0.4, 0.5) is 0 Å². The van der Waals surface area contributed by atoms with E-state index in [9.17, 15) is 4.79 Å². The molecule has 0 bridgehead atoms. The van der Waals surface area contributed by atoms with Crippen molar-refractivity contribution in [3.05, 3.63) is 47.5 Å². The highest BCUT2D eigenvalue weighted by Gasteiger charge is 2.15. The molecular weight excluding hydrogens is 306 g/mol. The number of pyridine rings is 1. The molecule has 4 rings (SSSR count). The van der Waals surface area contributed by atoms with Gasteiger partial charge in [-0.25, -0.2) is 4.79 Å². The van der Waals surface area contributed by atoms with E-state index in [1.165, 1.54) is 7.11 Å². The number of aromatic amines is 1.